The number of hydrogen-bond donors (Lipinski definition) is 0. The molecule has 0 saturated carbocycles. The Morgan fingerprint density at radius 2 is 2.25 bits per heavy atom. The first-order valence-electron chi connectivity index (χ1n) is 4.18. The third-order valence-corrected chi connectivity index (χ3v) is 1.83. The minimum Gasteiger partial charge on any atom is -0.378 e. The Morgan fingerprint density at radius 1 is 1.50 bits per heavy atom. The van der Waals surface area contributed by atoms with E-state index in [4.69, 9.17) is 4.74 Å². The summed E-state index contributed by atoms with van der Waals surface area (Å²) < 4.78 is 5.06. The van der Waals surface area contributed by atoms with Gasteiger partial charge in [0.1, 0.15) is 0 Å². The lowest BCUT2D eigenvalue weighted by molar-refractivity contribution is 0.180. The summed E-state index contributed by atoms with van der Waals surface area (Å²) in [5.74, 6) is 0.517. The number of ether oxygens (including phenoxy) is 1. The van der Waals surface area contributed by atoms with Crippen molar-refractivity contribution in [3.05, 3.63) is 29.6 Å². The highest BCUT2D eigenvalue weighted by molar-refractivity contribution is 5.22. The normalized spacial score (nSPS) is 10.7. The van der Waals surface area contributed by atoms with Crippen LogP contribution in [-0.2, 0) is 11.3 Å². The van der Waals surface area contributed by atoms with Crippen LogP contribution in [0.5, 0.6) is 0 Å². The third kappa shape index (κ3) is 2.05. The molecule has 0 saturated heterocycles. The van der Waals surface area contributed by atoms with Crippen LogP contribution in [0, 0.1) is 0 Å². The van der Waals surface area contributed by atoms with Crippen molar-refractivity contribution in [1.82, 2.24) is 4.98 Å². The zero-order valence-electron chi connectivity index (χ0n) is 7.87. The predicted molar refractivity (Wildman–Crippen MR) is 49.0 cm³/mol. The number of pyridine rings is 1. The van der Waals surface area contributed by atoms with Gasteiger partial charge in [0.2, 0.25) is 0 Å². The number of nitrogens with zero attached hydrogens (tertiary/aromatic N) is 1. The summed E-state index contributed by atoms with van der Waals surface area (Å²) >= 11 is 0. The highest BCUT2D eigenvalue weighted by Crippen LogP contribution is 2.17. The molecular weight excluding hydrogens is 150 g/mol. The van der Waals surface area contributed by atoms with Crippen LogP contribution in [0.2, 0.25) is 0 Å². The first-order chi connectivity index (χ1) is 5.75. The van der Waals surface area contributed by atoms with Crippen LogP contribution in [0.3, 0.4) is 0 Å². The molecule has 2 nitrogen and oxygen atoms in total. The Bertz CT molecular complexity index is 245. The fourth-order valence-corrected chi connectivity index (χ4v) is 1.23. The van der Waals surface area contributed by atoms with Crippen molar-refractivity contribution < 1.29 is 4.74 Å². The van der Waals surface area contributed by atoms with E-state index in [-0.39, 0.29) is 0 Å². The molecule has 0 bridgehead atoms. The van der Waals surface area contributed by atoms with Crippen molar-refractivity contribution in [2.24, 2.45) is 0 Å². The van der Waals surface area contributed by atoms with Crippen LogP contribution in [0.4, 0.5) is 0 Å². The number of aromatic nitrogens is 1. The lowest BCUT2D eigenvalue weighted by atomic mass is 10.0. The lowest BCUT2D eigenvalue weighted by Gasteiger charge is -2.09. The molecule has 0 aromatic carbocycles. The van der Waals surface area contributed by atoms with Gasteiger partial charge in [-0.1, -0.05) is 19.9 Å². The fourth-order valence-electron chi connectivity index (χ4n) is 1.23. The zero-order chi connectivity index (χ0) is 8.97. The second-order valence-electron chi connectivity index (χ2n) is 3.13. The first-order valence-corrected chi connectivity index (χ1v) is 4.18. The smallest absolute Gasteiger partial charge is 0.0886 e. The van der Waals surface area contributed by atoms with E-state index in [0.717, 1.165) is 5.69 Å². The second-order valence-corrected chi connectivity index (χ2v) is 3.13. The van der Waals surface area contributed by atoms with Crippen molar-refractivity contribution >= 4 is 0 Å². The zero-order valence-corrected chi connectivity index (χ0v) is 7.87. The van der Waals surface area contributed by atoms with Gasteiger partial charge < -0.3 is 4.74 Å². The highest BCUT2D eigenvalue weighted by Gasteiger charge is 2.05. The van der Waals surface area contributed by atoms with E-state index < -0.39 is 0 Å². The van der Waals surface area contributed by atoms with E-state index in [0.29, 0.717) is 12.5 Å². The van der Waals surface area contributed by atoms with Gasteiger partial charge in [-0.2, -0.15) is 0 Å². The van der Waals surface area contributed by atoms with E-state index in [9.17, 15) is 0 Å². The summed E-state index contributed by atoms with van der Waals surface area (Å²) in [7, 11) is 1.69. The molecule has 0 radical (unpaired) electrons. The Hall–Kier alpha value is -0.890. The predicted octanol–water partition coefficient (Wildman–Crippen LogP) is 2.35. The molecular formula is C10H15NO. The Balaban J connectivity index is 2.92. The van der Waals surface area contributed by atoms with E-state index >= 15 is 0 Å². The quantitative estimate of drug-likeness (QED) is 0.686. The summed E-state index contributed by atoms with van der Waals surface area (Å²) in [5.41, 5.74) is 2.33. The summed E-state index contributed by atoms with van der Waals surface area (Å²) in [6.07, 6.45) is 1.81. The molecule has 0 unspecified atom stereocenters. The summed E-state index contributed by atoms with van der Waals surface area (Å²) in [5, 5.41) is 0. The van der Waals surface area contributed by atoms with Gasteiger partial charge in [0.05, 0.1) is 12.3 Å². The van der Waals surface area contributed by atoms with Crippen LogP contribution in [0.1, 0.15) is 31.0 Å². The molecule has 0 aliphatic carbocycles. The molecule has 1 aromatic heterocycles. The van der Waals surface area contributed by atoms with Gasteiger partial charge in [-0.3, -0.25) is 4.98 Å². The van der Waals surface area contributed by atoms with Gasteiger partial charge in [0.25, 0.3) is 0 Å². The summed E-state index contributed by atoms with van der Waals surface area (Å²) in [6.45, 7) is 4.93. The molecule has 12 heavy (non-hydrogen) atoms. The number of hydrogen-bond acceptors (Lipinski definition) is 2. The summed E-state index contributed by atoms with van der Waals surface area (Å²) in [6, 6.07) is 4.07. The monoisotopic (exact) mass is 165 g/mol. The fraction of sp³-hybridized carbons (Fsp3) is 0.500. The van der Waals surface area contributed by atoms with Crippen molar-refractivity contribution in [2.45, 2.75) is 26.4 Å². The van der Waals surface area contributed by atoms with E-state index in [1.165, 1.54) is 5.56 Å². The van der Waals surface area contributed by atoms with Gasteiger partial charge in [0.15, 0.2) is 0 Å². The highest BCUT2D eigenvalue weighted by atomic mass is 16.5. The van der Waals surface area contributed by atoms with Gasteiger partial charge in [0, 0.05) is 13.3 Å². The third-order valence-electron chi connectivity index (χ3n) is 1.83. The standard InChI is InChI=1S/C10H15NO/c1-8(2)9-5-4-6-11-10(9)7-12-3/h4-6,8H,7H2,1-3H3. The largest absolute Gasteiger partial charge is 0.378 e. The molecule has 0 fully saturated rings. The van der Waals surface area contributed by atoms with Crippen LogP contribution in [0.15, 0.2) is 18.3 Å². The maximum atomic E-state index is 5.06. The lowest BCUT2D eigenvalue weighted by Crippen LogP contribution is -2.00. The molecule has 0 amide bonds. The van der Waals surface area contributed by atoms with Crippen molar-refractivity contribution in [3.63, 3.8) is 0 Å². The molecule has 66 valence electrons. The van der Waals surface area contributed by atoms with Crippen molar-refractivity contribution in [1.29, 1.82) is 0 Å². The molecule has 1 rings (SSSR count). The maximum absolute atomic E-state index is 5.06. The average molecular weight is 165 g/mol. The minimum atomic E-state index is 0.517. The van der Waals surface area contributed by atoms with Crippen LogP contribution >= 0.6 is 0 Å². The maximum Gasteiger partial charge on any atom is 0.0886 e. The van der Waals surface area contributed by atoms with Crippen LogP contribution < -0.4 is 0 Å². The number of methoxy groups -OCH3 is 1. The molecule has 0 atom stereocenters. The molecule has 0 aliphatic rings. The summed E-state index contributed by atoms with van der Waals surface area (Å²) in [4.78, 5) is 4.26. The molecule has 0 N–H and O–H groups in total. The molecule has 0 aliphatic heterocycles. The van der Waals surface area contributed by atoms with Crippen molar-refractivity contribution in [3.8, 4) is 0 Å². The Labute approximate surface area is 73.6 Å². The Morgan fingerprint density at radius 3 is 2.83 bits per heavy atom. The first kappa shape index (κ1) is 9.20. The topological polar surface area (TPSA) is 22.1 Å². The minimum absolute atomic E-state index is 0.517. The molecule has 0 spiro atoms. The number of rotatable bonds is 3. The van der Waals surface area contributed by atoms with Crippen LogP contribution in [-0.4, -0.2) is 12.1 Å². The van der Waals surface area contributed by atoms with E-state index in [1.807, 2.05) is 6.07 Å². The Kier molecular flexibility index (Phi) is 3.23. The molecule has 1 aromatic rings. The average Bonchev–Trinajstić information content (AvgIpc) is 2.05. The molecule has 2 heteroatoms. The van der Waals surface area contributed by atoms with Gasteiger partial charge in [-0.25, -0.2) is 0 Å². The van der Waals surface area contributed by atoms with Gasteiger partial charge in [-0.15, -0.1) is 0 Å². The van der Waals surface area contributed by atoms with E-state index in [1.54, 1.807) is 13.3 Å². The van der Waals surface area contributed by atoms with Gasteiger partial charge in [-0.05, 0) is 17.5 Å². The molecule has 1 heterocycles. The van der Waals surface area contributed by atoms with Crippen molar-refractivity contribution in [2.75, 3.05) is 7.11 Å². The second kappa shape index (κ2) is 4.21. The SMILES string of the molecule is COCc1ncccc1C(C)C. The van der Waals surface area contributed by atoms with Crippen LogP contribution in [0.25, 0.3) is 0 Å². The van der Waals surface area contributed by atoms with E-state index in [2.05, 4.69) is 24.9 Å². The van der Waals surface area contributed by atoms with Gasteiger partial charge >= 0.3 is 0 Å².